The molecule has 28 heavy (non-hydrogen) atoms. The van der Waals surface area contributed by atoms with Crippen molar-refractivity contribution in [3.63, 3.8) is 0 Å². The quantitative estimate of drug-likeness (QED) is 0.735. The maximum Gasteiger partial charge on any atom is 0.257 e. The van der Waals surface area contributed by atoms with Crippen LogP contribution >= 0.6 is 0 Å². The van der Waals surface area contributed by atoms with Gasteiger partial charge in [-0.25, -0.2) is 4.98 Å². The Balaban J connectivity index is 1.69. The Hall–Kier alpha value is -3.66. The number of benzene rings is 1. The summed E-state index contributed by atoms with van der Waals surface area (Å²) in [5.74, 6) is -0.290. The molecule has 0 radical (unpaired) electrons. The Labute approximate surface area is 161 Å². The van der Waals surface area contributed by atoms with Crippen LogP contribution in [0.15, 0.2) is 41.3 Å². The Morgan fingerprint density at radius 2 is 2.04 bits per heavy atom. The second-order valence-electron chi connectivity index (χ2n) is 6.92. The zero-order valence-corrected chi connectivity index (χ0v) is 15.5. The molecule has 1 aromatic carbocycles. The van der Waals surface area contributed by atoms with Crippen molar-refractivity contribution in [2.75, 3.05) is 23.3 Å². The summed E-state index contributed by atoms with van der Waals surface area (Å²) in [6.07, 6.45) is 3.75. The first kappa shape index (κ1) is 17.7. The predicted molar refractivity (Wildman–Crippen MR) is 108 cm³/mol. The number of pyridine rings is 2. The molecule has 4 rings (SSSR count). The zero-order chi connectivity index (χ0) is 19.7. The molecule has 3 aromatic rings. The first-order valence-corrected chi connectivity index (χ1v) is 9.15. The van der Waals surface area contributed by atoms with Gasteiger partial charge < -0.3 is 15.2 Å². The van der Waals surface area contributed by atoms with Crippen molar-refractivity contribution in [3.05, 3.63) is 63.7 Å². The van der Waals surface area contributed by atoms with Crippen LogP contribution in [0.2, 0.25) is 0 Å². The highest BCUT2D eigenvalue weighted by atomic mass is 16.1. The number of fused-ring (bicyclic) bond motifs is 1. The number of carbonyl (C=O) groups excluding carboxylic acids is 1. The van der Waals surface area contributed by atoms with Crippen molar-refractivity contribution >= 4 is 28.2 Å². The third-order valence-corrected chi connectivity index (χ3v) is 5.00. The Morgan fingerprint density at radius 1 is 1.25 bits per heavy atom. The molecule has 1 aliphatic heterocycles. The summed E-state index contributed by atoms with van der Waals surface area (Å²) >= 11 is 0. The molecule has 3 heterocycles. The number of nitriles is 1. The van der Waals surface area contributed by atoms with Crippen LogP contribution in [-0.2, 0) is 0 Å². The lowest BCUT2D eigenvalue weighted by atomic mass is 10.1. The molecule has 1 aliphatic rings. The van der Waals surface area contributed by atoms with E-state index in [9.17, 15) is 14.9 Å². The largest absolute Gasteiger partial charge is 0.370 e. The van der Waals surface area contributed by atoms with Gasteiger partial charge in [0.15, 0.2) is 0 Å². The van der Waals surface area contributed by atoms with Crippen molar-refractivity contribution in [3.8, 4) is 6.07 Å². The number of aromatic nitrogens is 2. The fourth-order valence-electron chi connectivity index (χ4n) is 3.60. The Kier molecular flexibility index (Phi) is 4.53. The molecule has 2 aromatic heterocycles. The molecular weight excluding hydrogens is 354 g/mol. The fraction of sp³-hybridized carbons (Fsp3) is 0.238. The maximum atomic E-state index is 13.0. The van der Waals surface area contributed by atoms with Crippen LogP contribution in [0.1, 0.15) is 34.5 Å². The fourth-order valence-corrected chi connectivity index (χ4v) is 3.60. The zero-order valence-electron chi connectivity index (χ0n) is 15.5. The predicted octanol–water partition coefficient (Wildman–Crippen LogP) is 2.96. The van der Waals surface area contributed by atoms with Gasteiger partial charge in [0.05, 0.1) is 17.4 Å². The Bertz CT molecular complexity index is 1170. The standard InChI is InChI=1S/C21H19N5O2/c1-13-8-20(27)25-18-5-4-14(9-16(13)18)24-21(28)17-10-15(11-22)23-12-19(17)26-6-2-3-7-26/h4-5,8-10,12H,2-3,6-7H2,1H3,(H,24,28)(H,25,27). The third kappa shape index (κ3) is 3.32. The summed E-state index contributed by atoms with van der Waals surface area (Å²) < 4.78 is 0. The van der Waals surface area contributed by atoms with Crippen molar-refractivity contribution in [1.29, 1.82) is 5.26 Å². The number of anilines is 2. The van der Waals surface area contributed by atoms with E-state index in [4.69, 9.17) is 0 Å². The number of hydrogen-bond acceptors (Lipinski definition) is 5. The van der Waals surface area contributed by atoms with Crippen molar-refractivity contribution in [2.24, 2.45) is 0 Å². The van der Waals surface area contributed by atoms with E-state index < -0.39 is 0 Å². The van der Waals surface area contributed by atoms with Gasteiger partial charge in [0, 0.05) is 35.7 Å². The number of amides is 1. The molecule has 1 saturated heterocycles. The van der Waals surface area contributed by atoms with Gasteiger partial charge in [-0.05, 0) is 49.6 Å². The summed E-state index contributed by atoms with van der Waals surface area (Å²) in [6.45, 7) is 3.60. The van der Waals surface area contributed by atoms with E-state index in [0.717, 1.165) is 48.1 Å². The van der Waals surface area contributed by atoms with Gasteiger partial charge in [0.25, 0.3) is 5.91 Å². The van der Waals surface area contributed by atoms with Crippen LogP contribution in [0.4, 0.5) is 11.4 Å². The smallest absolute Gasteiger partial charge is 0.257 e. The van der Waals surface area contributed by atoms with Crippen molar-refractivity contribution in [2.45, 2.75) is 19.8 Å². The lowest BCUT2D eigenvalue weighted by Gasteiger charge is -2.20. The van der Waals surface area contributed by atoms with Gasteiger partial charge in [-0.15, -0.1) is 0 Å². The molecule has 7 nitrogen and oxygen atoms in total. The molecule has 1 fully saturated rings. The van der Waals surface area contributed by atoms with E-state index in [1.165, 1.54) is 12.1 Å². The van der Waals surface area contributed by atoms with Crippen LogP contribution in [0, 0.1) is 18.3 Å². The van der Waals surface area contributed by atoms with Crippen LogP contribution in [-0.4, -0.2) is 29.0 Å². The highest BCUT2D eigenvalue weighted by Gasteiger charge is 2.21. The monoisotopic (exact) mass is 373 g/mol. The normalized spacial score (nSPS) is 13.5. The number of H-pyrrole nitrogens is 1. The molecule has 0 unspecified atom stereocenters. The molecule has 7 heteroatoms. The van der Waals surface area contributed by atoms with Crippen molar-refractivity contribution < 1.29 is 4.79 Å². The van der Waals surface area contributed by atoms with E-state index in [1.54, 1.807) is 18.3 Å². The van der Waals surface area contributed by atoms with Gasteiger partial charge in [-0.1, -0.05) is 0 Å². The van der Waals surface area contributed by atoms with Crippen LogP contribution in [0.25, 0.3) is 10.9 Å². The number of hydrogen-bond donors (Lipinski definition) is 2. The van der Waals surface area contributed by atoms with Gasteiger partial charge in [0.2, 0.25) is 5.56 Å². The number of nitrogens with zero attached hydrogens (tertiary/aromatic N) is 3. The van der Waals surface area contributed by atoms with Crippen LogP contribution < -0.4 is 15.8 Å². The minimum Gasteiger partial charge on any atom is -0.370 e. The molecule has 0 atom stereocenters. The van der Waals surface area contributed by atoms with E-state index in [0.29, 0.717) is 11.3 Å². The SMILES string of the molecule is Cc1cc(=O)[nH]c2ccc(NC(=O)c3cc(C#N)ncc3N3CCCC3)cc12. The lowest BCUT2D eigenvalue weighted by molar-refractivity contribution is 0.102. The van der Waals surface area contributed by atoms with Crippen molar-refractivity contribution in [1.82, 2.24) is 9.97 Å². The molecule has 0 aliphatic carbocycles. The molecular formula is C21H19N5O2. The number of rotatable bonds is 3. The van der Waals surface area contributed by atoms with Gasteiger partial charge in [-0.2, -0.15) is 5.26 Å². The summed E-state index contributed by atoms with van der Waals surface area (Å²) in [7, 11) is 0. The van der Waals surface area contributed by atoms with Gasteiger partial charge in [-0.3, -0.25) is 9.59 Å². The lowest BCUT2D eigenvalue weighted by Crippen LogP contribution is -2.23. The molecule has 0 spiro atoms. The number of carbonyl (C=O) groups is 1. The molecule has 1 amide bonds. The van der Waals surface area contributed by atoms with Crippen LogP contribution in [0.3, 0.4) is 0 Å². The topological polar surface area (TPSA) is 102 Å². The van der Waals surface area contributed by atoms with Gasteiger partial charge >= 0.3 is 0 Å². The average molecular weight is 373 g/mol. The summed E-state index contributed by atoms with van der Waals surface area (Å²) in [6, 6.07) is 10.4. The second kappa shape index (κ2) is 7.16. The Morgan fingerprint density at radius 3 is 2.79 bits per heavy atom. The van der Waals surface area contributed by atoms with E-state index in [2.05, 4.69) is 20.2 Å². The molecule has 140 valence electrons. The third-order valence-electron chi connectivity index (χ3n) is 5.00. The first-order chi connectivity index (χ1) is 13.5. The van der Waals surface area contributed by atoms with E-state index >= 15 is 0 Å². The molecule has 2 N–H and O–H groups in total. The number of aryl methyl sites for hydroxylation is 1. The van der Waals surface area contributed by atoms with Gasteiger partial charge in [0.1, 0.15) is 11.8 Å². The summed E-state index contributed by atoms with van der Waals surface area (Å²) in [5, 5.41) is 13.0. The summed E-state index contributed by atoms with van der Waals surface area (Å²) in [4.78, 5) is 33.7. The first-order valence-electron chi connectivity index (χ1n) is 9.15. The molecule has 0 saturated carbocycles. The van der Waals surface area contributed by atoms with E-state index in [1.807, 2.05) is 19.1 Å². The highest BCUT2D eigenvalue weighted by Crippen LogP contribution is 2.26. The van der Waals surface area contributed by atoms with E-state index in [-0.39, 0.29) is 17.2 Å². The maximum absolute atomic E-state index is 13.0. The van der Waals surface area contributed by atoms with Crippen LogP contribution in [0.5, 0.6) is 0 Å². The minimum absolute atomic E-state index is 0.155. The average Bonchev–Trinajstić information content (AvgIpc) is 3.22. The second-order valence-corrected chi connectivity index (χ2v) is 6.92. The highest BCUT2D eigenvalue weighted by molar-refractivity contribution is 6.09. The molecule has 0 bridgehead atoms. The number of aromatic amines is 1. The summed E-state index contributed by atoms with van der Waals surface area (Å²) in [5.41, 5.74) is 3.41. The number of nitrogens with one attached hydrogen (secondary N) is 2. The minimum atomic E-state index is -0.290.